The number of nitrogens with zero attached hydrogens (tertiary/aromatic N) is 1. The van der Waals surface area contributed by atoms with Crippen LogP contribution in [0.25, 0.3) is 0 Å². The van der Waals surface area contributed by atoms with Crippen molar-refractivity contribution < 1.29 is 13.2 Å². The molecule has 0 aliphatic heterocycles. The second kappa shape index (κ2) is 9.52. The Balaban J connectivity index is 0.00000392. The number of nitrogens with one attached hydrogen (secondary N) is 1. The zero-order chi connectivity index (χ0) is 20.4. The van der Waals surface area contributed by atoms with Crippen molar-refractivity contribution >= 4 is 34.0 Å². The first-order chi connectivity index (χ1) is 12.6. The molecule has 0 fully saturated rings. The van der Waals surface area contributed by atoms with Crippen LogP contribution in [0.2, 0.25) is 0 Å². The standard InChI is InChI=1S/C20H27N3O3S.ClH/c1-13-11-17(27(25,26)23(4)5)12-18(14(13)2)22-20(24)15(3)19(21)16-9-7-6-8-10-16;/h6-12,15,19H,21H2,1-5H3,(H,22,24);1H. The molecule has 0 radical (unpaired) electrons. The van der Waals surface area contributed by atoms with Gasteiger partial charge in [-0.25, -0.2) is 12.7 Å². The molecule has 2 atom stereocenters. The van der Waals surface area contributed by atoms with Gasteiger partial charge in [0.2, 0.25) is 15.9 Å². The van der Waals surface area contributed by atoms with E-state index >= 15 is 0 Å². The minimum atomic E-state index is -3.60. The number of nitrogens with two attached hydrogens (primary N) is 1. The lowest BCUT2D eigenvalue weighted by Crippen LogP contribution is -2.31. The molecule has 2 aromatic carbocycles. The van der Waals surface area contributed by atoms with Crippen LogP contribution in [0.1, 0.15) is 29.7 Å². The Morgan fingerprint density at radius 2 is 1.68 bits per heavy atom. The van der Waals surface area contributed by atoms with Gasteiger partial charge in [-0.1, -0.05) is 37.3 Å². The van der Waals surface area contributed by atoms with E-state index in [1.54, 1.807) is 13.0 Å². The van der Waals surface area contributed by atoms with Gasteiger partial charge in [-0.05, 0) is 42.7 Å². The fraction of sp³-hybridized carbons (Fsp3) is 0.350. The average Bonchev–Trinajstić information content (AvgIpc) is 2.64. The van der Waals surface area contributed by atoms with E-state index in [0.717, 1.165) is 21.0 Å². The molecule has 154 valence electrons. The van der Waals surface area contributed by atoms with E-state index in [-0.39, 0.29) is 23.2 Å². The molecule has 0 bridgehead atoms. The summed E-state index contributed by atoms with van der Waals surface area (Å²) < 4.78 is 26.1. The predicted octanol–water partition coefficient (Wildman–Crippen LogP) is 3.25. The number of halogens is 1. The monoisotopic (exact) mass is 425 g/mol. The molecule has 0 aromatic heterocycles. The summed E-state index contributed by atoms with van der Waals surface area (Å²) in [5.74, 6) is -0.741. The van der Waals surface area contributed by atoms with Gasteiger partial charge < -0.3 is 11.1 Å². The number of aryl methyl sites for hydroxylation is 1. The molecule has 0 aliphatic carbocycles. The van der Waals surface area contributed by atoms with Crippen LogP contribution in [0.4, 0.5) is 5.69 Å². The Morgan fingerprint density at radius 3 is 2.21 bits per heavy atom. The average molecular weight is 426 g/mol. The van der Waals surface area contributed by atoms with Crippen molar-refractivity contribution in [2.75, 3.05) is 19.4 Å². The minimum absolute atomic E-state index is 0. The molecule has 2 rings (SSSR count). The number of amides is 1. The van der Waals surface area contributed by atoms with Gasteiger partial charge in [0, 0.05) is 25.8 Å². The molecule has 8 heteroatoms. The Hall–Kier alpha value is -1.93. The highest BCUT2D eigenvalue weighted by atomic mass is 35.5. The molecule has 6 nitrogen and oxygen atoms in total. The Bertz CT molecular complexity index is 931. The second-order valence-corrected chi connectivity index (χ2v) is 9.07. The molecule has 3 N–H and O–H groups in total. The number of rotatable bonds is 6. The molecular weight excluding hydrogens is 398 g/mol. The number of anilines is 1. The van der Waals surface area contributed by atoms with Crippen molar-refractivity contribution in [1.82, 2.24) is 4.31 Å². The lowest BCUT2D eigenvalue weighted by Gasteiger charge is -2.21. The maximum Gasteiger partial charge on any atom is 0.242 e. The van der Waals surface area contributed by atoms with Gasteiger partial charge in [-0.15, -0.1) is 12.4 Å². The van der Waals surface area contributed by atoms with Gasteiger partial charge in [-0.2, -0.15) is 0 Å². The number of benzene rings is 2. The zero-order valence-electron chi connectivity index (χ0n) is 16.8. The zero-order valence-corrected chi connectivity index (χ0v) is 18.4. The fourth-order valence-electron chi connectivity index (χ4n) is 2.69. The van der Waals surface area contributed by atoms with Crippen molar-refractivity contribution in [2.24, 2.45) is 11.7 Å². The van der Waals surface area contributed by atoms with Crippen molar-refractivity contribution in [3.05, 3.63) is 59.2 Å². The maximum absolute atomic E-state index is 12.7. The quantitative estimate of drug-likeness (QED) is 0.742. The topological polar surface area (TPSA) is 92.5 Å². The Kier molecular flexibility index (Phi) is 8.19. The van der Waals surface area contributed by atoms with Crippen molar-refractivity contribution in [1.29, 1.82) is 0 Å². The van der Waals surface area contributed by atoms with Crippen LogP contribution in [0.15, 0.2) is 47.4 Å². The lowest BCUT2D eigenvalue weighted by molar-refractivity contribution is -0.120. The van der Waals surface area contributed by atoms with Crippen LogP contribution < -0.4 is 11.1 Å². The first kappa shape index (κ1) is 24.1. The lowest BCUT2D eigenvalue weighted by atomic mass is 9.94. The first-order valence-electron chi connectivity index (χ1n) is 8.71. The Morgan fingerprint density at radius 1 is 1.11 bits per heavy atom. The predicted molar refractivity (Wildman–Crippen MR) is 115 cm³/mol. The van der Waals surface area contributed by atoms with Gasteiger partial charge >= 0.3 is 0 Å². The highest BCUT2D eigenvalue weighted by Gasteiger charge is 2.24. The smallest absolute Gasteiger partial charge is 0.242 e. The normalized spacial score (nSPS) is 13.5. The van der Waals surface area contributed by atoms with Gasteiger partial charge in [-0.3, -0.25) is 4.79 Å². The third-order valence-electron chi connectivity index (χ3n) is 4.81. The van der Waals surface area contributed by atoms with E-state index in [2.05, 4.69) is 5.32 Å². The summed E-state index contributed by atoms with van der Waals surface area (Å²) >= 11 is 0. The molecule has 1 amide bonds. The summed E-state index contributed by atoms with van der Waals surface area (Å²) in [5, 5.41) is 2.85. The molecule has 0 saturated heterocycles. The van der Waals surface area contributed by atoms with E-state index in [1.165, 1.54) is 20.2 Å². The van der Waals surface area contributed by atoms with Crippen LogP contribution in [-0.4, -0.2) is 32.7 Å². The third kappa shape index (κ3) is 5.11. The van der Waals surface area contributed by atoms with Gasteiger partial charge in [0.1, 0.15) is 0 Å². The summed E-state index contributed by atoms with van der Waals surface area (Å²) in [6, 6.07) is 12.1. The Labute approximate surface area is 173 Å². The molecular formula is C20H28ClN3O3S. The summed E-state index contributed by atoms with van der Waals surface area (Å²) in [5.41, 5.74) is 9.19. The molecule has 28 heavy (non-hydrogen) atoms. The fourth-order valence-corrected chi connectivity index (χ4v) is 3.70. The number of carbonyl (C=O) groups excluding carboxylic acids is 1. The van der Waals surface area contributed by atoms with Gasteiger partial charge in [0.25, 0.3) is 0 Å². The summed E-state index contributed by atoms with van der Waals surface area (Å²) in [7, 11) is -0.645. The SMILES string of the molecule is Cc1cc(S(=O)(=O)N(C)C)cc(NC(=O)C(C)C(N)c2ccccc2)c1C.Cl. The van der Waals surface area contributed by atoms with Crippen LogP contribution in [0.5, 0.6) is 0 Å². The van der Waals surface area contributed by atoms with Gasteiger partial charge in [0.15, 0.2) is 0 Å². The summed E-state index contributed by atoms with van der Waals surface area (Å²) in [4.78, 5) is 12.9. The minimum Gasteiger partial charge on any atom is -0.326 e. The summed E-state index contributed by atoms with van der Waals surface area (Å²) in [6.07, 6.45) is 0. The molecule has 0 saturated carbocycles. The maximum atomic E-state index is 12.7. The van der Waals surface area contributed by atoms with E-state index in [1.807, 2.05) is 44.2 Å². The highest BCUT2D eigenvalue weighted by Crippen LogP contribution is 2.27. The van der Waals surface area contributed by atoms with E-state index in [4.69, 9.17) is 5.73 Å². The number of sulfonamides is 1. The molecule has 2 aromatic rings. The van der Waals surface area contributed by atoms with Crippen molar-refractivity contribution in [3.63, 3.8) is 0 Å². The molecule has 0 heterocycles. The van der Waals surface area contributed by atoms with Crippen LogP contribution in [0, 0.1) is 19.8 Å². The van der Waals surface area contributed by atoms with Crippen LogP contribution in [-0.2, 0) is 14.8 Å². The molecule has 0 spiro atoms. The second-order valence-electron chi connectivity index (χ2n) is 6.91. The van der Waals surface area contributed by atoms with E-state index in [0.29, 0.717) is 5.69 Å². The van der Waals surface area contributed by atoms with Crippen LogP contribution in [0.3, 0.4) is 0 Å². The largest absolute Gasteiger partial charge is 0.326 e. The van der Waals surface area contributed by atoms with Crippen molar-refractivity contribution in [2.45, 2.75) is 31.7 Å². The highest BCUT2D eigenvalue weighted by molar-refractivity contribution is 7.89. The number of carbonyl (C=O) groups is 1. The molecule has 2 unspecified atom stereocenters. The van der Waals surface area contributed by atoms with Crippen LogP contribution >= 0.6 is 12.4 Å². The molecule has 0 aliphatic rings. The number of hydrogen-bond donors (Lipinski definition) is 2. The third-order valence-corrected chi connectivity index (χ3v) is 6.61. The van der Waals surface area contributed by atoms with Gasteiger partial charge in [0.05, 0.1) is 10.8 Å². The van der Waals surface area contributed by atoms with E-state index in [9.17, 15) is 13.2 Å². The summed E-state index contributed by atoms with van der Waals surface area (Å²) in [6.45, 7) is 5.42. The number of hydrogen-bond acceptors (Lipinski definition) is 4. The van der Waals surface area contributed by atoms with Crippen molar-refractivity contribution in [3.8, 4) is 0 Å². The first-order valence-corrected chi connectivity index (χ1v) is 10.1. The van der Waals surface area contributed by atoms with E-state index < -0.39 is 22.0 Å².